The van der Waals surface area contributed by atoms with Crippen LogP contribution in [-0.4, -0.2) is 44.7 Å². The van der Waals surface area contributed by atoms with Crippen LogP contribution in [0.4, 0.5) is 0 Å². The van der Waals surface area contributed by atoms with E-state index in [0.717, 1.165) is 19.3 Å². The predicted octanol–water partition coefficient (Wildman–Crippen LogP) is 4.79. The Hall–Kier alpha value is -2.00. The molecule has 0 saturated carbocycles. The first kappa shape index (κ1) is 28.2. The fraction of sp³-hybridized carbons (Fsp3) is 0.520. The van der Waals surface area contributed by atoms with Crippen LogP contribution in [-0.2, 0) is 30.7 Å². The molecule has 1 aromatic carbocycles. The van der Waals surface area contributed by atoms with Gasteiger partial charge in [-0.1, -0.05) is 17.7 Å². The molecule has 0 aliphatic rings. The zero-order valence-corrected chi connectivity index (χ0v) is 21.7. The molecule has 0 fully saturated rings. The molecule has 2 aromatic rings. The van der Waals surface area contributed by atoms with Gasteiger partial charge in [-0.25, -0.2) is 13.1 Å². The SMILES string of the molecule is CC(C)(C)OC(=O)CCC(CCCc1cccnc1)COCCNS(=O)(=O)c1ccc(Cl)cc1. The number of ether oxygens (including phenoxy) is 2. The number of benzene rings is 1. The van der Waals surface area contributed by atoms with E-state index >= 15 is 0 Å². The molecule has 1 atom stereocenters. The van der Waals surface area contributed by atoms with Crippen molar-refractivity contribution < 1.29 is 22.7 Å². The van der Waals surface area contributed by atoms with E-state index in [1.54, 1.807) is 6.20 Å². The van der Waals surface area contributed by atoms with Crippen LogP contribution >= 0.6 is 11.6 Å². The zero-order chi connectivity index (χ0) is 25.0. The first-order valence-electron chi connectivity index (χ1n) is 11.5. The van der Waals surface area contributed by atoms with Crippen LogP contribution in [0.15, 0.2) is 53.7 Å². The van der Waals surface area contributed by atoms with E-state index in [1.807, 2.05) is 39.1 Å². The molecule has 0 radical (unpaired) electrons. The highest BCUT2D eigenvalue weighted by Crippen LogP contribution is 2.19. The number of aromatic nitrogens is 1. The number of hydrogen-bond donors (Lipinski definition) is 1. The molecule has 188 valence electrons. The van der Waals surface area contributed by atoms with Gasteiger partial charge in [0.2, 0.25) is 10.0 Å². The van der Waals surface area contributed by atoms with E-state index in [-0.39, 0.29) is 29.9 Å². The first-order valence-corrected chi connectivity index (χ1v) is 13.3. The molecule has 1 unspecified atom stereocenters. The summed E-state index contributed by atoms with van der Waals surface area (Å²) >= 11 is 5.82. The lowest BCUT2D eigenvalue weighted by atomic mass is 9.96. The number of hydrogen-bond acceptors (Lipinski definition) is 6. The molecule has 1 aromatic heterocycles. The molecule has 9 heteroatoms. The number of halogens is 1. The highest BCUT2D eigenvalue weighted by Gasteiger charge is 2.19. The van der Waals surface area contributed by atoms with E-state index in [9.17, 15) is 13.2 Å². The third-order valence-corrected chi connectivity index (χ3v) is 6.72. The second-order valence-corrected chi connectivity index (χ2v) is 11.4. The highest BCUT2D eigenvalue weighted by atomic mass is 35.5. The van der Waals surface area contributed by atoms with E-state index in [0.29, 0.717) is 24.5 Å². The molecule has 0 spiro atoms. The maximum Gasteiger partial charge on any atom is 0.306 e. The molecule has 0 amide bonds. The maximum atomic E-state index is 12.3. The lowest BCUT2D eigenvalue weighted by Gasteiger charge is -2.21. The van der Waals surface area contributed by atoms with Gasteiger partial charge in [-0.2, -0.15) is 0 Å². The number of pyridine rings is 1. The van der Waals surface area contributed by atoms with Crippen molar-refractivity contribution >= 4 is 27.6 Å². The standard InChI is InChI=1S/C25H35ClN2O5S/c1-25(2,3)33-24(29)14-9-21(7-4-6-20-8-5-15-27-18-20)19-32-17-16-28-34(30,31)23-12-10-22(26)11-13-23/h5,8,10-13,15,18,21,28H,4,6-7,9,14,16-17,19H2,1-3H3. The number of carbonyl (C=O) groups excluding carboxylic acids is 1. The van der Waals surface area contributed by atoms with Crippen molar-refractivity contribution in [3.8, 4) is 0 Å². The summed E-state index contributed by atoms with van der Waals surface area (Å²) in [5.41, 5.74) is 0.663. The number of sulfonamides is 1. The van der Waals surface area contributed by atoms with E-state index in [2.05, 4.69) is 9.71 Å². The van der Waals surface area contributed by atoms with Gasteiger partial charge in [0.1, 0.15) is 5.60 Å². The largest absolute Gasteiger partial charge is 0.460 e. The summed E-state index contributed by atoms with van der Waals surface area (Å²) in [7, 11) is -3.62. The minimum atomic E-state index is -3.62. The van der Waals surface area contributed by atoms with Crippen LogP contribution in [0.25, 0.3) is 0 Å². The summed E-state index contributed by atoms with van der Waals surface area (Å²) in [4.78, 5) is 16.4. The van der Waals surface area contributed by atoms with Gasteiger partial charge in [-0.05, 0) is 88.3 Å². The Labute approximate surface area is 208 Å². The van der Waals surface area contributed by atoms with E-state index in [1.165, 1.54) is 29.8 Å². The van der Waals surface area contributed by atoms with Crippen LogP contribution in [0.5, 0.6) is 0 Å². The normalized spacial score (nSPS) is 12.9. The quantitative estimate of drug-likeness (QED) is 0.290. The third kappa shape index (κ3) is 11.4. The van der Waals surface area contributed by atoms with Gasteiger partial charge in [0.25, 0.3) is 0 Å². The average molecular weight is 511 g/mol. The van der Waals surface area contributed by atoms with Crippen LogP contribution in [0, 0.1) is 5.92 Å². The van der Waals surface area contributed by atoms with E-state index in [4.69, 9.17) is 21.1 Å². The minimum absolute atomic E-state index is 0.152. The number of aryl methyl sites for hydroxylation is 1. The second kappa shape index (κ2) is 13.8. The molecular formula is C25H35ClN2O5S. The van der Waals surface area contributed by atoms with Gasteiger partial charge in [-0.15, -0.1) is 0 Å². The van der Waals surface area contributed by atoms with Gasteiger partial charge < -0.3 is 9.47 Å². The van der Waals surface area contributed by atoms with Crippen LogP contribution in [0.2, 0.25) is 5.02 Å². The van der Waals surface area contributed by atoms with Crippen molar-refractivity contribution in [1.29, 1.82) is 0 Å². The molecule has 1 N–H and O–H groups in total. The fourth-order valence-corrected chi connectivity index (χ4v) is 4.50. The Bertz CT molecular complexity index is 977. The van der Waals surface area contributed by atoms with Crippen LogP contribution in [0.1, 0.15) is 52.0 Å². The van der Waals surface area contributed by atoms with Crippen molar-refractivity contribution in [2.24, 2.45) is 5.92 Å². The lowest BCUT2D eigenvalue weighted by Crippen LogP contribution is -2.28. The Morgan fingerprint density at radius 2 is 1.88 bits per heavy atom. The highest BCUT2D eigenvalue weighted by molar-refractivity contribution is 7.89. The van der Waals surface area contributed by atoms with Crippen molar-refractivity contribution in [2.75, 3.05) is 19.8 Å². The summed E-state index contributed by atoms with van der Waals surface area (Å²) in [5.74, 6) is -0.0578. The molecule has 0 bridgehead atoms. The summed E-state index contributed by atoms with van der Waals surface area (Å²) in [5, 5.41) is 0.475. The van der Waals surface area contributed by atoms with Crippen molar-refractivity contribution in [2.45, 2.75) is 63.4 Å². The van der Waals surface area contributed by atoms with Gasteiger partial charge in [-0.3, -0.25) is 9.78 Å². The summed E-state index contributed by atoms with van der Waals surface area (Å²) < 4.78 is 38.4. The summed E-state index contributed by atoms with van der Waals surface area (Å²) in [6.45, 7) is 6.38. The molecule has 1 heterocycles. The van der Waals surface area contributed by atoms with Crippen molar-refractivity contribution in [1.82, 2.24) is 9.71 Å². The van der Waals surface area contributed by atoms with Gasteiger partial charge in [0.05, 0.1) is 11.5 Å². The smallest absolute Gasteiger partial charge is 0.306 e. The molecule has 2 rings (SSSR count). The molecular weight excluding hydrogens is 476 g/mol. The first-order chi connectivity index (χ1) is 16.0. The number of esters is 1. The third-order valence-electron chi connectivity index (χ3n) is 4.99. The molecule has 0 saturated heterocycles. The molecule has 0 aliphatic heterocycles. The molecule has 34 heavy (non-hydrogen) atoms. The Morgan fingerprint density at radius 3 is 2.53 bits per heavy atom. The van der Waals surface area contributed by atoms with Crippen LogP contribution < -0.4 is 4.72 Å². The summed E-state index contributed by atoms with van der Waals surface area (Å²) in [6, 6.07) is 9.96. The number of nitrogens with zero attached hydrogens (tertiary/aromatic N) is 1. The fourth-order valence-electron chi connectivity index (χ4n) is 3.36. The Morgan fingerprint density at radius 1 is 1.15 bits per heavy atom. The predicted molar refractivity (Wildman–Crippen MR) is 133 cm³/mol. The Kier molecular flexibility index (Phi) is 11.4. The van der Waals surface area contributed by atoms with Crippen molar-refractivity contribution in [3.63, 3.8) is 0 Å². The van der Waals surface area contributed by atoms with E-state index < -0.39 is 15.6 Å². The topological polar surface area (TPSA) is 94.6 Å². The number of rotatable bonds is 14. The van der Waals surface area contributed by atoms with Gasteiger partial charge in [0, 0.05) is 37.0 Å². The maximum absolute atomic E-state index is 12.3. The molecule has 7 nitrogen and oxygen atoms in total. The van der Waals surface area contributed by atoms with Crippen molar-refractivity contribution in [3.05, 3.63) is 59.4 Å². The monoisotopic (exact) mass is 510 g/mol. The van der Waals surface area contributed by atoms with Gasteiger partial charge >= 0.3 is 5.97 Å². The zero-order valence-electron chi connectivity index (χ0n) is 20.1. The summed E-state index contributed by atoms with van der Waals surface area (Å²) in [6.07, 6.45) is 7.31. The van der Waals surface area contributed by atoms with Gasteiger partial charge in [0.15, 0.2) is 0 Å². The number of carbonyl (C=O) groups is 1. The van der Waals surface area contributed by atoms with Crippen LogP contribution in [0.3, 0.4) is 0 Å². The number of nitrogens with one attached hydrogen (secondary N) is 1. The molecule has 0 aliphatic carbocycles. The lowest BCUT2D eigenvalue weighted by molar-refractivity contribution is -0.155. The minimum Gasteiger partial charge on any atom is -0.460 e. The second-order valence-electron chi connectivity index (χ2n) is 9.17. The average Bonchev–Trinajstić information content (AvgIpc) is 2.76. The Balaban J connectivity index is 1.79.